The van der Waals surface area contributed by atoms with Crippen molar-refractivity contribution in [1.29, 1.82) is 0 Å². The van der Waals surface area contributed by atoms with E-state index in [0.29, 0.717) is 31.8 Å². The number of benzene rings is 1. The highest BCUT2D eigenvalue weighted by Gasteiger charge is 2.12. The van der Waals surface area contributed by atoms with Gasteiger partial charge in [0.2, 0.25) is 0 Å². The van der Waals surface area contributed by atoms with Crippen molar-refractivity contribution in [2.75, 3.05) is 19.8 Å². The van der Waals surface area contributed by atoms with Gasteiger partial charge in [0.05, 0.1) is 19.0 Å². The molecule has 1 aromatic carbocycles. The third kappa shape index (κ3) is 20.3. The summed E-state index contributed by atoms with van der Waals surface area (Å²) in [5, 5.41) is 17.6. The third-order valence-electron chi connectivity index (χ3n) is 3.79. The maximum atomic E-state index is 11.1. The van der Waals surface area contributed by atoms with E-state index in [-0.39, 0.29) is 18.0 Å². The number of terminal acetylenes is 1. The van der Waals surface area contributed by atoms with Gasteiger partial charge in [-0.15, -0.1) is 26.0 Å². The van der Waals surface area contributed by atoms with Crippen molar-refractivity contribution in [3.05, 3.63) is 66.5 Å². The lowest BCUT2D eigenvalue weighted by Crippen LogP contribution is -2.10. The Bertz CT molecular complexity index is 676. The molecule has 0 saturated carbocycles. The molecular weight excluding hydrogens is 404 g/mol. The van der Waals surface area contributed by atoms with Crippen LogP contribution in [0.2, 0.25) is 0 Å². The summed E-state index contributed by atoms with van der Waals surface area (Å²) in [6.45, 7) is 18.8. The summed E-state index contributed by atoms with van der Waals surface area (Å²) in [7, 11) is 0. The van der Waals surface area contributed by atoms with Gasteiger partial charge in [0, 0.05) is 6.42 Å². The van der Waals surface area contributed by atoms with Crippen LogP contribution in [0.5, 0.6) is 5.75 Å². The van der Waals surface area contributed by atoms with E-state index in [2.05, 4.69) is 46.8 Å². The van der Waals surface area contributed by atoms with E-state index >= 15 is 0 Å². The van der Waals surface area contributed by atoms with Crippen LogP contribution in [0, 0.1) is 12.8 Å². The zero-order chi connectivity index (χ0) is 25.6. The molecule has 2 N–H and O–H groups in total. The maximum absolute atomic E-state index is 11.1. The first-order valence-electron chi connectivity index (χ1n) is 10.5. The molecule has 0 aliphatic rings. The fourth-order valence-corrected chi connectivity index (χ4v) is 2.09. The van der Waals surface area contributed by atoms with Gasteiger partial charge < -0.3 is 19.7 Å². The molecule has 1 aromatic rings. The van der Waals surface area contributed by atoms with Crippen molar-refractivity contribution in [2.24, 2.45) is 0 Å². The van der Waals surface area contributed by atoms with Gasteiger partial charge in [-0.3, -0.25) is 4.79 Å². The number of aromatic hydroxyl groups is 1. The zero-order valence-corrected chi connectivity index (χ0v) is 20.7. The van der Waals surface area contributed by atoms with Crippen LogP contribution in [0.3, 0.4) is 0 Å². The monoisotopic (exact) mass is 446 g/mol. The van der Waals surface area contributed by atoms with Gasteiger partial charge in [0.1, 0.15) is 12.4 Å². The highest BCUT2D eigenvalue weighted by molar-refractivity contribution is 5.69. The minimum atomic E-state index is -0.169. The Kier molecular flexibility index (Phi) is 22.4. The predicted octanol–water partition coefficient (Wildman–Crippen LogP) is 5.93. The largest absolute Gasteiger partial charge is 0.508 e. The molecule has 0 bridgehead atoms. The minimum absolute atomic E-state index is 0.0106. The molecule has 5 heteroatoms. The molecular formula is C27H42O5. The highest BCUT2D eigenvalue weighted by atomic mass is 16.5. The average molecular weight is 447 g/mol. The second kappa shape index (κ2) is 21.3. The van der Waals surface area contributed by atoms with E-state index in [0.717, 1.165) is 11.3 Å². The predicted molar refractivity (Wildman–Crippen MR) is 134 cm³/mol. The summed E-state index contributed by atoms with van der Waals surface area (Å²) in [5.74, 6) is 0.907. The highest BCUT2D eigenvalue weighted by Crippen LogP contribution is 2.23. The molecule has 5 nitrogen and oxygen atoms in total. The minimum Gasteiger partial charge on any atom is -0.508 e. The average Bonchev–Trinajstić information content (AvgIpc) is 2.78. The topological polar surface area (TPSA) is 76.0 Å². The first-order valence-corrected chi connectivity index (χ1v) is 10.5. The van der Waals surface area contributed by atoms with Gasteiger partial charge in [-0.1, -0.05) is 44.6 Å². The number of rotatable bonds is 8. The Labute approximate surface area is 195 Å². The number of phenols is 1. The standard InChI is InChI=1S/C13H22O4.C10H14O.C2H4.C2H2/c1-4-16-13(15)8-6-11(2)5-7-12(3)17-10-9-14;1-10(2,3)8-4-6-9(11)7-5-8;2*1-2/h5,7,14H,4,6,8-10H2,1-3H3;4-7,11H,1-3H3;1-2H2;1-2H/b11-5+,12-7+;;;. The molecule has 0 aliphatic heterocycles. The lowest BCUT2D eigenvalue weighted by atomic mass is 9.87. The molecule has 32 heavy (non-hydrogen) atoms. The fourth-order valence-electron chi connectivity index (χ4n) is 2.09. The quantitative estimate of drug-likeness (QED) is 0.170. The molecule has 180 valence electrons. The Morgan fingerprint density at radius 3 is 2.00 bits per heavy atom. The van der Waals surface area contributed by atoms with Crippen LogP contribution in [0.1, 0.15) is 59.9 Å². The van der Waals surface area contributed by atoms with E-state index in [1.54, 1.807) is 19.1 Å². The van der Waals surface area contributed by atoms with Gasteiger partial charge >= 0.3 is 5.97 Å². The van der Waals surface area contributed by atoms with E-state index in [1.807, 2.05) is 38.1 Å². The normalized spacial score (nSPS) is 10.8. The summed E-state index contributed by atoms with van der Waals surface area (Å²) in [6, 6.07) is 7.35. The second-order valence-electron chi connectivity index (χ2n) is 7.46. The summed E-state index contributed by atoms with van der Waals surface area (Å²) in [5.41, 5.74) is 2.51. The van der Waals surface area contributed by atoms with Crippen molar-refractivity contribution < 1.29 is 24.5 Å². The summed E-state index contributed by atoms with van der Waals surface area (Å²) >= 11 is 0. The summed E-state index contributed by atoms with van der Waals surface area (Å²) in [4.78, 5) is 11.1. The molecule has 0 aliphatic carbocycles. The lowest BCUT2D eigenvalue weighted by molar-refractivity contribution is -0.143. The van der Waals surface area contributed by atoms with E-state index < -0.39 is 0 Å². The molecule has 0 atom stereocenters. The Morgan fingerprint density at radius 2 is 1.56 bits per heavy atom. The number of ether oxygens (including phenoxy) is 2. The lowest BCUT2D eigenvalue weighted by Gasteiger charge is -2.18. The molecule has 0 aromatic heterocycles. The van der Waals surface area contributed by atoms with Gasteiger partial charge in [-0.25, -0.2) is 0 Å². The number of allylic oxidation sites excluding steroid dienone is 4. The first kappa shape index (κ1) is 33.7. The SMILES string of the molecule is C#C.C=C.CC(C)(C)c1ccc(O)cc1.CCOC(=O)CC/C(C)=C/C=C(\C)OCCO. The molecule has 0 amide bonds. The summed E-state index contributed by atoms with van der Waals surface area (Å²) in [6.07, 6.45) is 12.8. The van der Waals surface area contributed by atoms with Crippen LogP contribution in [-0.4, -0.2) is 36.0 Å². The third-order valence-corrected chi connectivity index (χ3v) is 3.79. The fraction of sp³-hybridized carbons (Fsp3) is 0.444. The van der Waals surface area contributed by atoms with Gasteiger partial charge in [-0.05, 0) is 56.4 Å². The van der Waals surface area contributed by atoms with Crippen LogP contribution < -0.4 is 0 Å². The molecule has 1 rings (SSSR count). The molecule has 0 heterocycles. The number of esters is 1. The van der Waals surface area contributed by atoms with Crippen LogP contribution in [0.25, 0.3) is 0 Å². The maximum Gasteiger partial charge on any atom is 0.306 e. The number of carbonyl (C=O) groups is 1. The molecule has 0 spiro atoms. The molecule has 0 fully saturated rings. The van der Waals surface area contributed by atoms with E-state index in [9.17, 15) is 4.79 Å². The van der Waals surface area contributed by atoms with Crippen molar-refractivity contribution in [2.45, 2.75) is 59.8 Å². The summed E-state index contributed by atoms with van der Waals surface area (Å²) < 4.78 is 10.0. The number of aliphatic hydroxyl groups is 1. The van der Waals surface area contributed by atoms with Crippen molar-refractivity contribution in [3.63, 3.8) is 0 Å². The number of phenolic OH excluding ortho intramolecular Hbond substituents is 1. The Morgan fingerprint density at radius 1 is 1.03 bits per heavy atom. The van der Waals surface area contributed by atoms with Crippen molar-refractivity contribution >= 4 is 5.97 Å². The van der Waals surface area contributed by atoms with E-state index in [4.69, 9.17) is 19.7 Å². The zero-order valence-electron chi connectivity index (χ0n) is 20.7. The van der Waals surface area contributed by atoms with Gasteiger partial charge in [0.25, 0.3) is 0 Å². The Hall–Kier alpha value is -2.97. The number of carbonyl (C=O) groups excluding carboxylic acids is 1. The van der Waals surface area contributed by atoms with Crippen LogP contribution in [-0.2, 0) is 19.7 Å². The number of hydrogen-bond donors (Lipinski definition) is 2. The second-order valence-corrected chi connectivity index (χ2v) is 7.46. The van der Waals surface area contributed by atoms with Crippen molar-refractivity contribution in [1.82, 2.24) is 0 Å². The van der Waals surface area contributed by atoms with Crippen LogP contribution in [0.4, 0.5) is 0 Å². The van der Waals surface area contributed by atoms with Crippen LogP contribution >= 0.6 is 0 Å². The molecule has 0 radical (unpaired) electrons. The van der Waals surface area contributed by atoms with E-state index in [1.165, 1.54) is 5.56 Å². The molecule has 0 saturated heterocycles. The smallest absolute Gasteiger partial charge is 0.306 e. The Balaban J connectivity index is -0.000000481. The first-order chi connectivity index (χ1) is 15.1. The van der Waals surface area contributed by atoms with Crippen molar-refractivity contribution in [3.8, 4) is 18.6 Å². The van der Waals surface area contributed by atoms with Gasteiger partial charge in [0.15, 0.2) is 0 Å². The number of hydrogen-bond acceptors (Lipinski definition) is 5. The van der Waals surface area contributed by atoms with Gasteiger partial charge in [-0.2, -0.15) is 0 Å². The molecule has 0 unspecified atom stereocenters. The number of aliphatic hydroxyl groups excluding tert-OH is 1. The van der Waals surface area contributed by atoms with Crippen LogP contribution in [0.15, 0.2) is 60.9 Å².